The number of pyridine rings is 1. The van der Waals surface area contributed by atoms with Crippen LogP contribution in [0.2, 0.25) is 0 Å². The predicted octanol–water partition coefficient (Wildman–Crippen LogP) is 4.06. The van der Waals surface area contributed by atoms with Crippen LogP contribution in [-0.2, 0) is 17.9 Å². The molecule has 4 nitrogen and oxygen atoms in total. The number of methoxy groups -OCH3 is 1. The zero-order valence-electron chi connectivity index (χ0n) is 15.3. The lowest BCUT2D eigenvalue weighted by Gasteiger charge is -2.23. The normalized spacial score (nSPS) is 23.8. The highest BCUT2D eigenvalue weighted by atomic mass is 16.5. The van der Waals surface area contributed by atoms with Crippen molar-refractivity contribution in [2.45, 2.75) is 38.8 Å². The number of hydrogen-bond acceptors (Lipinski definition) is 3. The monoisotopic (exact) mass is 350 g/mol. The fraction of sp³-hybridized carbons (Fsp3) is 0.455. The number of carbonyl (C=O) groups excluding carboxylic acids is 1. The van der Waals surface area contributed by atoms with Gasteiger partial charge >= 0.3 is 0 Å². The van der Waals surface area contributed by atoms with Gasteiger partial charge in [0, 0.05) is 31.4 Å². The van der Waals surface area contributed by atoms with Crippen molar-refractivity contribution < 1.29 is 9.53 Å². The van der Waals surface area contributed by atoms with Gasteiger partial charge in [-0.2, -0.15) is 0 Å². The van der Waals surface area contributed by atoms with Crippen molar-refractivity contribution in [2.24, 2.45) is 17.8 Å². The summed E-state index contributed by atoms with van der Waals surface area (Å²) in [4.78, 5) is 19.5. The van der Waals surface area contributed by atoms with Crippen LogP contribution >= 0.6 is 0 Å². The van der Waals surface area contributed by atoms with Gasteiger partial charge in [-0.1, -0.05) is 31.0 Å². The molecule has 0 spiro atoms. The second kappa shape index (κ2) is 7.48. The van der Waals surface area contributed by atoms with Crippen molar-refractivity contribution in [1.82, 2.24) is 9.88 Å². The van der Waals surface area contributed by atoms with Crippen LogP contribution in [0.1, 0.15) is 36.8 Å². The van der Waals surface area contributed by atoms with Crippen molar-refractivity contribution in [3.05, 3.63) is 59.9 Å². The van der Waals surface area contributed by atoms with E-state index in [-0.39, 0.29) is 5.92 Å². The molecule has 4 rings (SSSR count). The lowest BCUT2D eigenvalue weighted by atomic mass is 10.0. The zero-order valence-corrected chi connectivity index (χ0v) is 15.3. The van der Waals surface area contributed by atoms with E-state index in [1.165, 1.54) is 25.7 Å². The summed E-state index contributed by atoms with van der Waals surface area (Å²) in [5.74, 6) is 2.66. The molecule has 1 heterocycles. The number of nitrogens with zero attached hydrogens (tertiary/aromatic N) is 2. The molecule has 0 unspecified atom stereocenters. The van der Waals surface area contributed by atoms with E-state index in [1.807, 2.05) is 47.5 Å². The molecule has 2 saturated carbocycles. The maximum absolute atomic E-state index is 13.3. The Morgan fingerprint density at radius 3 is 2.38 bits per heavy atom. The van der Waals surface area contributed by atoms with Crippen LogP contribution in [0.3, 0.4) is 0 Å². The molecule has 136 valence electrons. The number of ether oxygens (including phenoxy) is 1. The molecule has 2 aliphatic rings. The summed E-state index contributed by atoms with van der Waals surface area (Å²) in [7, 11) is 1.67. The van der Waals surface area contributed by atoms with Crippen LogP contribution in [0.4, 0.5) is 0 Å². The molecule has 2 aliphatic carbocycles. The summed E-state index contributed by atoms with van der Waals surface area (Å²) in [6.45, 7) is 1.25. The lowest BCUT2D eigenvalue weighted by molar-refractivity contribution is -0.134. The number of aromatic nitrogens is 1. The third-order valence-electron chi connectivity index (χ3n) is 5.88. The molecule has 2 fully saturated rings. The molecule has 1 aromatic carbocycles. The van der Waals surface area contributed by atoms with E-state index >= 15 is 0 Å². The van der Waals surface area contributed by atoms with Gasteiger partial charge in [0.25, 0.3) is 0 Å². The lowest BCUT2D eigenvalue weighted by Crippen LogP contribution is -2.32. The zero-order chi connectivity index (χ0) is 17.9. The fourth-order valence-electron chi connectivity index (χ4n) is 4.44. The topological polar surface area (TPSA) is 42.4 Å². The van der Waals surface area contributed by atoms with Gasteiger partial charge in [0.1, 0.15) is 5.75 Å². The van der Waals surface area contributed by atoms with Crippen molar-refractivity contribution in [3.63, 3.8) is 0 Å². The molecular formula is C22H26N2O2. The molecule has 4 heteroatoms. The Morgan fingerprint density at radius 1 is 1.08 bits per heavy atom. The average molecular weight is 350 g/mol. The van der Waals surface area contributed by atoms with Crippen LogP contribution < -0.4 is 4.74 Å². The number of carbonyl (C=O) groups is 1. The van der Waals surface area contributed by atoms with Crippen molar-refractivity contribution in [1.29, 1.82) is 0 Å². The molecule has 2 aromatic rings. The average Bonchev–Trinajstić information content (AvgIpc) is 3.43. The third kappa shape index (κ3) is 3.59. The Hall–Kier alpha value is -2.36. The summed E-state index contributed by atoms with van der Waals surface area (Å²) in [6, 6.07) is 12.0. The minimum Gasteiger partial charge on any atom is -0.497 e. The van der Waals surface area contributed by atoms with Gasteiger partial charge in [0.2, 0.25) is 5.91 Å². The van der Waals surface area contributed by atoms with Crippen LogP contribution in [0.15, 0.2) is 48.8 Å². The number of rotatable bonds is 6. The van der Waals surface area contributed by atoms with Gasteiger partial charge in [0.05, 0.1) is 7.11 Å². The summed E-state index contributed by atoms with van der Waals surface area (Å²) < 4.78 is 5.24. The largest absolute Gasteiger partial charge is 0.497 e. The maximum Gasteiger partial charge on any atom is 0.226 e. The van der Waals surface area contributed by atoms with Gasteiger partial charge in [-0.3, -0.25) is 9.78 Å². The summed E-state index contributed by atoms with van der Waals surface area (Å²) in [5.41, 5.74) is 2.21. The maximum atomic E-state index is 13.3. The highest BCUT2D eigenvalue weighted by molar-refractivity contribution is 5.82. The highest BCUT2D eigenvalue weighted by Gasteiger charge is 2.55. The first-order valence-corrected chi connectivity index (χ1v) is 9.57. The van der Waals surface area contributed by atoms with E-state index in [0.717, 1.165) is 16.9 Å². The molecule has 0 bridgehead atoms. The first kappa shape index (κ1) is 17.1. The van der Waals surface area contributed by atoms with E-state index in [2.05, 4.69) is 4.98 Å². The van der Waals surface area contributed by atoms with Crippen molar-refractivity contribution in [2.75, 3.05) is 7.11 Å². The standard InChI is InChI=1S/C22H26N2O2/c1-26-18-10-8-16(9-11-18)14-24(15-17-5-4-12-23-13-17)22(25)21-19-6-2-3-7-20(19)21/h4-5,8-13,19-21H,2-3,6-7,14-15H2,1H3/t19-,20-/m0/s1. The summed E-state index contributed by atoms with van der Waals surface area (Å²) in [5, 5.41) is 0. The quantitative estimate of drug-likeness (QED) is 0.789. The van der Waals surface area contributed by atoms with Crippen LogP contribution in [-0.4, -0.2) is 22.9 Å². The molecule has 1 amide bonds. The Bertz CT molecular complexity index is 732. The molecule has 0 saturated heterocycles. The van der Waals surface area contributed by atoms with Crippen molar-refractivity contribution >= 4 is 5.91 Å². The van der Waals surface area contributed by atoms with Gasteiger partial charge in [-0.05, 0) is 54.0 Å². The molecule has 0 aliphatic heterocycles. The summed E-state index contributed by atoms with van der Waals surface area (Å²) >= 11 is 0. The second-order valence-electron chi connectivity index (χ2n) is 7.54. The smallest absolute Gasteiger partial charge is 0.226 e. The van der Waals surface area contributed by atoms with Crippen LogP contribution in [0.25, 0.3) is 0 Å². The third-order valence-corrected chi connectivity index (χ3v) is 5.88. The number of amides is 1. The number of fused-ring (bicyclic) bond motifs is 1. The Balaban J connectivity index is 1.51. The van der Waals surface area contributed by atoms with Crippen molar-refractivity contribution in [3.8, 4) is 5.75 Å². The van der Waals surface area contributed by atoms with Crippen LogP contribution in [0.5, 0.6) is 5.75 Å². The molecule has 0 radical (unpaired) electrons. The van der Waals surface area contributed by atoms with Gasteiger partial charge in [0.15, 0.2) is 0 Å². The fourth-order valence-corrected chi connectivity index (χ4v) is 4.44. The highest BCUT2D eigenvalue weighted by Crippen LogP contribution is 2.56. The molecular weight excluding hydrogens is 324 g/mol. The Morgan fingerprint density at radius 2 is 1.77 bits per heavy atom. The Kier molecular flexibility index (Phi) is 4.91. The molecule has 0 N–H and O–H groups in total. The van der Waals surface area contributed by atoms with E-state index in [0.29, 0.717) is 30.8 Å². The summed E-state index contributed by atoms with van der Waals surface area (Å²) in [6.07, 6.45) is 8.65. The minimum absolute atomic E-state index is 0.243. The number of hydrogen-bond donors (Lipinski definition) is 0. The number of benzene rings is 1. The molecule has 2 atom stereocenters. The molecule has 26 heavy (non-hydrogen) atoms. The second-order valence-corrected chi connectivity index (χ2v) is 7.54. The van der Waals surface area contributed by atoms with E-state index in [1.54, 1.807) is 13.3 Å². The first-order chi connectivity index (χ1) is 12.8. The molecule has 1 aromatic heterocycles. The Labute approximate surface area is 155 Å². The van der Waals surface area contributed by atoms with E-state index in [4.69, 9.17) is 4.74 Å². The van der Waals surface area contributed by atoms with Gasteiger partial charge < -0.3 is 9.64 Å². The van der Waals surface area contributed by atoms with Gasteiger partial charge in [-0.15, -0.1) is 0 Å². The van der Waals surface area contributed by atoms with Gasteiger partial charge in [-0.25, -0.2) is 0 Å². The SMILES string of the molecule is COc1ccc(CN(Cc2cccnc2)C(=O)C2[C@H]3CCCC[C@H]23)cc1. The minimum atomic E-state index is 0.243. The van der Waals surface area contributed by atoms with Crippen LogP contribution in [0, 0.1) is 17.8 Å². The first-order valence-electron chi connectivity index (χ1n) is 9.57. The predicted molar refractivity (Wildman–Crippen MR) is 100 cm³/mol. The van der Waals surface area contributed by atoms with E-state index < -0.39 is 0 Å². The van der Waals surface area contributed by atoms with E-state index in [9.17, 15) is 4.79 Å².